The van der Waals surface area contributed by atoms with Crippen LogP contribution in [0.15, 0.2) is 18.6 Å². The van der Waals surface area contributed by atoms with Crippen molar-refractivity contribution >= 4 is 17.4 Å². The zero-order valence-corrected chi connectivity index (χ0v) is 11.2. The topological polar surface area (TPSA) is 142 Å². The maximum absolute atomic E-state index is 12.1. The maximum Gasteiger partial charge on any atom is 0.300 e. The second-order valence-electron chi connectivity index (χ2n) is 4.10. The molecule has 0 atom stereocenters. The molecular weight excluding hydrogens is 278 g/mol. The van der Waals surface area contributed by atoms with Crippen molar-refractivity contribution in [2.24, 2.45) is 0 Å². The van der Waals surface area contributed by atoms with Crippen molar-refractivity contribution in [3.63, 3.8) is 0 Å². The Bertz CT molecular complexity index is 682. The monoisotopic (exact) mass is 291 g/mol. The first-order valence-corrected chi connectivity index (χ1v) is 6.07. The molecule has 2 heterocycles. The van der Waals surface area contributed by atoms with Gasteiger partial charge >= 0.3 is 0 Å². The Balaban J connectivity index is 2.17. The van der Waals surface area contributed by atoms with Crippen molar-refractivity contribution < 1.29 is 9.72 Å². The van der Waals surface area contributed by atoms with E-state index in [0.29, 0.717) is 12.4 Å². The van der Waals surface area contributed by atoms with Crippen LogP contribution in [-0.4, -0.2) is 30.6 Å². The van der Waals surface area contributed by atoms with Gasteiger partial charge in [0, 0.05) is 6.54 Å². The Labute approximate surface area is 119 Å². The van der Waals surface area contributed by atoms with Crippen molar-refractivity contribution in [2.45, 2.75) is 20.0 Å². The van der Waals surface area contributed by atoms with Crippen molar-refractivity contribution in [1.29, 1.82) is 0 Å². The van der Waals surface area contributed by atoms with E-state index in [4.69, 9.17) is 5.73 Å². The van der Waals surface area contributed by atoms with E-state index in [1.54, 1.807) is 4.57 Å². The number of carbonyl (C=O) groups excluding carboxylic acids is 1. The molecule has 0 aliphatic heterocycles. The fourth-order valence-corrected chi connectivity index (χ4v) is 1.73. The Kier molecular flexibility index (Phi) is 4.07. The smallest absolute Gasteiger partial charge is 0.300 e. The van der Waals surface area contributed by atoms with Gasteiger partial charge in [-0.15, -0.1) is 10.2 Å². The number of nitrogens with zero attached hydrogens (tertiary/aromatic N) is 5. The van der Waals surface area contributed by atoms with Crippen LogP contribution in [0.3, 0.4) is 0 Å². The number of nitrogen functional groups attached to an aromatic ring is 1. The van der Waals surface area contributed by atoms with E-state index < -0.39 is 16.5 Å². The standard InChI is InChI=1S/C11H13N7O3/c1-2-17-6-15-16-10(17)5-14-11(19)7-3-9(12)13-4-8(7)18(20)21/h3-4,6H,2,5H2,1H3,(H2,12,13)(H,14,19). The largest absolute Gasteiger partial charge is 0.384 e. The van der Waals surface area contributed by atoms with Crippen LogP contribution >= 0.6 is 0 Å². The van der Waals surface area contributed by atoms with Gasteiger partial charge in [0.15, 0.2) is 5.82 Å². The highest BCUT2D eigenvalue weighted by molar-refractivity contribution is 5.98. The van der Waals surface area contributed by atoms with E-state index >= 15 is 0 Å². The van der Waals surface area contributed by atoms with Crippen molar-refractivity contribution in [3.05, 3.63) is 40.1 Å². The van der Waals surface area contributed by atoms with Gasteiger partial charge in [0.1, 0.15) is 23.9 Å². The quantitative estimate of drug-likeness (QED) is 0.588. The SMILES string of the molecule is CCn1cnnc1CNC(=O)c1cc(N)ncc1[N+](=O)[O-]. The molecule has 0 saturated carbocycles. The van der Waals surface area contributed by atoms with Crippen LogP contribution in [-0.2, 0) is 13.1 Å². The summed E-state index contributed by atoms with van der Waals surface area (Å²) in [4.78, 5) is 25.9. The predicted molar refractivity (Wildman–Crippen MR) is 72.2 cm³/mol. The molecule has 0 radical (unpaired) electrons. The third-order valence-electron chi connectivity index (χ3n) is 2.79. The summed E-state index contributed by atoms with van der Waals surface area (Å²) < 4.78 is 1.75. The molecule has 0 fully saturated rings. The molecule has 10 nitrogen and oxygen atoms in total. The Morgan fingerprint density at radius 2 is 2.33 bits per heavy atom. The van der Waals surface area contributed by atoms with E-state index in [9.17, 15) is 14.9 Å². The third-order valence-corrected chi connectivity index (χ3v) is 2.79. The summed E-state index contributed by atoms with van der Waals surface area (Å²) in [6.07, 6.45) is 2.49. The highest BCUT2D eigenvalue weighted by Gasteiger charge is 2.21. The number of aryl methyl sites for hydroxylation is 1. The molecule has 1 amide bonds. The Morgan fingerprint density at radius 1 is 1.57 bits per heavy atom. The lowest BCUT2D eigenvalue weighted by atomic mass is 10.2. The Hall–Kier alpha value is -3.04. The molecule has 0 unspecified atom stereocenters. The van der Waals surface area contributed by atoms with Crippen LogP contribution in [0.1, 0.15) is 23.1 Å². The van der Waals surface area contributed by atoms with E-state index in [0.717, 1.165) is 12.3 Å². The van der Waals surface area contributed by atoms with Gasteiger partial charge in [0.25, 0.3) is 11.6 Å². The molecule has 0 spiro atoms. The van der Waals surface area contributed by atoms with E-state index in [-0.39, 0.29) is 17.9 Å². The average Bonchev–Trinajstić information content (AvgIpc) is 2.91. The minimum absolute atomic E-state index is 0.0301. The van der Waals surface area contributed by atoms with Crippen LogP contribution in [0.2, 0.25) is 0 Å². The van der Waals surface area contributed by atoms with Gasteiger partial charge in [-0.2, -0.15) is 0 Å². The summed E-state index contributed by atoms with van der Waals surface area (Å²) in [5.41, 5.74) is 4.91. The van der Waals surface area contributed by atoms with Gasteiger partial charge in [-0.25, -0.2) is 4.98 Å². The van der Waals surface area contributed by atoms with Crippen molar-refractivity contribution in [3.8, 4) is 0 Å². The summed E-state index contributed by atoms with van der Waals surface area (Å²) in [5, 5.41) is 21.0. The molecule has 21 heavy (non-hydrogen) atoms. The second kappa shape index (κ2) is 5.94. The zero-order chi connectivity index (χ0) is 15.4. The molecule has 110 valence electrons. The van der Waals surface area contributed by atoms with Gasteiger partial charge in [-0.3, -0.25) is 14.9 Å². The number of nitro groups is 1. The average molecular weight is 291 g/mol. The fraction of sp³-hybridized carbons (Fsp3) is 0.273. The first-order valence-electron chi connectivity index (χ1n) is 6.07. The fourth-order valence-electron chi connectivity index (χ4n) is 1.73. The second-order valence-corrected chi connectivity index (χ2v) is 4.10. The van der Waals surface area contributed by atoms with Crippen molar-refractivity contribution in [1.82, 2.24) is 25.1 Å². The summed E-state index contributed by atoms with van der Waals surface area (Å²) in [5.74, 6) is -0.0422. The number of carbonyl (C=O) groups is 1. The van der Waals surface area contributed by atoms with E-state index in [1.165, 1.54) is 6.33 Å². The normalized spacial score (nSPS) is 10.3. The number of rotatable bonds is 5. The number of amides is 1. The molecular formula is C11H13N7O3. The van der Waals surface area contributed by atoms with Gasteiger partial charge in [-0.05, 0) is 13.0 Å². The van der Waals surface area contributed by atoms with Crippen LogP contribution in [0.4, 0.5) is 11.5 Å². The van der Waals surface area contributed by atoms with Gasteiger partial charge < -0.3 is 15.6 Å². The molecule has 0 saturated heterocycles. The minimum atomic E-state index is -0.685. The van der Waals surface area contributed by atoms with Crippen LogP contribution < -0.4 is 11.1 Å². The highest BCUT2D eigenvalue weighted by atomic mass is 16.6. The third kappa shape index (κ3) is 3.11. The highest BCUT2D eigenvalue weighted by Crippen LogP contribution is 2.18. The van der Waals surface area contributed by atoms with Gasteiger partial charge in [0.05, 0.1) is 11.5 Å². The molecule has 10 heteroatoms. The number of anilines is 1. The maximum atomic E-state index is 12.1. The van der Waals surface area contributed by atoms with E-state index in [1.807, 2.05) is 6.92 Å². The number of pyridine rings is 1. The summed E-state index contributed by atoms with van der Waals surface area (Å²) >= 11 is 0. The summed E-state index contributed by atoms with van der Waals surface area (Å²) in [6, 6.07) is 1.16. The number of hydrogen-bond donors (Lipinski definition) is 2. The lowest BCUT2D eigenvalue weighted by Gasteiger charge is -2.06. The first kappa shape index (κ1) is 14.4. The molecule has 0 aliphatic rings. The predicted octanol–water partition coefficient (Wildman–Crippen LogP) is 0.113. The molecule has 2 rings (SSSR count). The number of aromatic nitrogens is 4. The Morgan fingerprint density at radius 3 is 3.00 bits per heavy atom. The van der Waals surface area contributed by atoms with E-state index in [2.05, 4.69) is 20.5 Å². The van der Waals surface area contributed by atoms with Crippen LogP contribution in [0, 0.1) is 10.1 Å². The van der Waals surface area contributed by atoms with Crippen molar-refractivity contribution in [2.75, 3.05) is 5.73 Å². The molecule has 3 N–H and O–H groups in total. The van der Waals surface area contributed by atoms with Crippen LogP contribution in [0.5, 0.6) is 0 Å². The summed E-state index contributed by atoms with van der Waals surface area (Å²) in [6.45, 7) is 2.66. The lowest BCUT2D eigenvalue weighted by Crippen LogP contribution is -2.25. The number of hydrogen-bond acceptors (Lipinski definition) is 7. The number of nitrogens with two attached hydrogens (primary N) is 1. The molecule has 2 aromatic rings. The van der Waals surface area contributed by atoms with Crippen LogP contribution in [0.25, 0.3) is 0 Å². The zero-order valence-electron chi connectivity index (χ0n) is 11.2. The lowest BCUT2D eigenvalue weighted by molar-refractivity contribution is -0.385. The molecule has 0 aromatic carbocycles. The summed E-state index contributed by atoms with van der Waals surface area (Å²) in [7, 11) is 0. The van der Waals surface area contributed by atoms with Gasteiger partial charge in [-0.1, -0.05) is 0 Å². The van der Waals surface area contributed by atoms with Gasteiger partial charge in [0.2, 0.25) is 0 Å². The first-order chi connectivity index (χ1) is 10.0. The molecule has 2 aromatic heterocycles. The molecule has 0 aliphatic carbocycles. The minimum Gasteiger partial charge on any atom is -0.384 e. The number of nitrogens with one attached hydrogen (secondary N) is 1. The molecule has 0 bridgehead atoms.